The van der Waals surface area contributed by atoms with Gasteiger partial charge in [0.25, 0.3) is 5.91 Å². The second kappa shape index (κ2) is 7.96. The standard InChI is InChI=1S/C21H19FN2O2S/c22-17-9-5-4-8-16(17)20-10-11-24(12-13-27-20)21(25)18-14-19(26-23-18)15-6-2-1-3-7-15/h1-9,14,20H,10-13H2. The molecule has 1 amide bonds. The summed E-state index contributed by atoms with van der Waals surface area (Å²) in [5.74, 6) is 1.01. The monoisotopic (exact) mass is 382 g/mol. The molecule has 0 radical (unpaired) electrons. The molecular formula is C21H19FN2O2S. The number of thioether (sulfide) groups is 1. The minimum absolute atomic E-state index is 0.0567. The number of amides is 1. The molecule has 3 aromatic rings. The van der Waals surface area contributed by atoms with Crippen LogP contribution in [0.25, 0.3) is 11.3 Å². The van der Waals surface area contributed by atoms with Gasteiger partial charge in [0.05, 0.1) is 0 Å². The van der Waals surface area contributed by atoms with E-state index < -0.39 is 0 Å². The summed E-state index contributed by atoms with van der Waals surface area (Å²) in [5.41, 5.74) is 1.91. The van der Waals surface area contributed by atoms with Crippen LogP contribution in [-0.4, -0.2) is 34.8 Å². The Labute approximate surface area is 161 Å². The highest BCUT2D eigenvalue weighted by Gasteiger charge is 2.26. The smallest absolute Gasteiger partial charge is 0.276 e. The maximum absolute atomic E-state index is 14.1. The first-order chi connectivity index (χ1) is 13.2. The quantitative estimate of drug-likeness (QED) is 0.653. The van der Waals surface area contributed by atoms with Crippen LogP contribution in [0.5, 0.6) is 0 Å². The van der Waals surface area contributed by atoms with Gasteiger partial charge in [0.2, 0.25) is 0 Å². The van der Waals surface area contributed by atoms with Gasteiger partial charge in [-0.2, -0.15) is 11.8 Å². The van der Waals surface area contributed by atoms with Gasteiger partial charge in [-0.25, -0.2) is 4.39 Å². The van der Waals surface area contributed by atoms with Crippen LogP contribution in [-0.2, 0) is 0 Å². The zero-order valence-electron chi connectivity index (χ0n) is 14.7. The molecule has 27 heavy (non-hydrogen) atoms. The lowest BCUT2D eigenvalue weighted by molar-refractivity contribution is 0.0756. The van der Waals surface area contributed by atoms with Crippen LogP contribution in [0.15, 0.2) is 65.2 Å². The fraction of sp³-hybridized carbons (Fsp3) is 0.238. The van der Waals surface area contributed by atoms with E-state index >= 15 is 0 Å². The third kappa shape index (κ3) is 3.90. The van der Waals surface area contributed by atoms with Gasteiger partial charge in [0, 0.05) is 41.3 Å². The Morgan fingerprint density at radius 2 is 1.89 bits per heavy atom. The largest absolute Gasteiger partial charge is 0.355 e. The fourth-order valence-corrected chi connectivity index (χ4v) is 4.49. The van der Waals surface area contributed by atoms with Gasteiger partial charge in [-0.15, -0.1) is 0 Å². The molecule has 0 bridgehead atoms. The number of benzene rings is 2. The summed E-state index contributed by atoms with van der Waals surface area (Å²) < 4.78 is 19.4. The third-order valence-electron chi connectivity index (χ3n) is 4.67. The molecule has 0 aliphatic carbocycles. The highest BCUT2D eigenvalue weighted by Crippen LogP contribution is 2.36. The Kier molecular flexibility index (Phi) is 5.25. The Hall–Kier alpha value is -2.60. The summed E-state index contributed by atoms with van der Waals surface area (Å²) >= 11 is 1.69. The van der Waals surface area contributed by atoms with Crippen LogP contribution in [0.3, 0.4) is 0 Å². The van der Waals surface area contributed by atoms with Crippen molar-refractivity contribution < 1.29 is 13.7 Å². The van der Waals surface area contributed by atoms with E-state index in [0.29, 0.717) is 36.5 Å². The first-order valence-electron chi connectivity index (χ1n) is 8.90. The number of rotatable bonds is 3. The number of hydrogen-bond donors (Lipinski definition) is 0. The Morgan fingerprint density at radius 1 is 1.11 bits per heavy atom. The predicted octanol–water partition coefficient (Wildman–Crippen LogP) is 4.80. The minimum atomic E-state index is -0.182. The van der Waals surface area contributed by atoms with Crippen molar-refractivity contribution in [1.82, 2.24) is 10.1 Å². The van der Waals surface area contributed by atoms with Crippen LogP contribution in [0.1, 0.15) is 27.7 Å². The second-order valence-electron chi connectivity index (χ2n) is 6.40. The SMILES string of the molecule is O=C(c1cc(-c2ccccc2)on1)N1CCSC(c2ccccc2F)CC1. The molecule has 138 valence electrons. The van der Waals surface area contributed by atoms with Crippen molar-refractivity contribution in [3.63, 3.8) is 0 Å². The maximum atomic E-state index is 14.1. The van der Waals surface area contributed by atoms with Gasteiger partial charge in [0.15, 0.2) is 11.5 Å². The number of aromatic nitrogens is 1. The summed E-state index contributed by atoms with van der Waals surface area (Å²) in [5, 5.41) is 4.01. The molecule has 1 aliphatic heterocycles. The molecule has 1 saturated heterocycles. The van der Waals surface area contributed by atoms with Gasteiger partial charge in [-0.3, -0.25) is 4.79 Å². The molecule has 2 heterocycles. The van der Waals surface area contributed by atoms with Crippen molar-refractivity contribution >= 4 is 17.7 Å². The molecule has 2 aromatic carbocycles. The third-order valence-corrected chi connectivity index (χ3v) is 5.98. The lowest BCUT2D eigenvalue weighted by Gasteiger charge is -2.19. The van der Waals surface area contributed by atoms with Crippen molar-refractivity contribution in [2.45, 2.75) is 11.7 Å². The van der Waals surface area contributed by atoms with Crippen molar-refractivity contribution in [3.8, 4) is 11.3 Å². The number of nitrogens with zero attached hydrogens (tertiary/aromatic N) is 2. The Bertz CT molecular complexity index is 929. The molecule has 1 fully saturated rings. The van der Waals surface area contributed by atoms with E-state index in [2.05, 4.69) is 5.16 Å². The molecule has 0 saturated carbocycles. The van der Waals surface area contributed by atoms with E-state index in [1.807, 2.05) is 42.5 Å². The minimum Gasteiger partial charge on any atom is -0.355 e. The van der Waals surface area contributed by atoms with Crippen LogP contribution in [0.4, 0.5) is 4.39 Å². The fourth-order valence-electron chi connectivity index (χ4n) is 3.23. The van der Waals surface area contributed by atoms with Crippen molar-refractivity contribution in [3.05, 3.63) is 77.7 Å². The molecule has 4 nitrogen and oxygen atoms in total. The normalized spacial score (nSPS) is 17.5. The first-order valence-corrected chi connectivity index (χ1v) is 9.94. The highest BCUT2D eigenvalue weighted by molar-refractivity contribution is 7.99. The molecule has 1 aliphatic rings. The first kappa shape index (κ1) is 17.8. The Morgan fingerprint density at radius 3 is 2.70 bits per heavy atom. The lowest BCUT2D eigenvalue weighted by Crippen LogP contribution is -2.33. The summed E-state index contributed by atoms with van der Waals surface area (Å²) in [6.07, 6.45) is 0.709. The molecule has 0 N–H and O–H groups in total. The number of hydrogen-bond acceptors (Lipinski definition) is 4. The zero-order chi connectivity index (χ0) is 18.6. The summed E-state index contributed by atoms with van der Waals surface area (Å²) in [6.45, 7) is 1.18. The predicted molar refractivity (Wildman–Crippen MR) is 104 cm³/mol. The zero-order valence-corrected chi connectivity index (χ0v) is 15.5. The molecular weight excluding hydrogens is 363 g/mol. The highest BCUT2D eigenvalue weighted by atomic mass is 32.2. The van der Waals surface area contributed by atoms with Crippen LogP contribution in [0.2, 0.25) is 0 Å². The summed E-state index contributed by atoms with van der Waals surface area (Å²) in [7, 11) is 0. The van der Waals surface area contributed by atoms with E-state index in [-0.39, 0.29) is 17.0 Å². The van der Waals surface area contributed by atoms with E-state index in [4.69, 9.17) is 4.52 Å². The van der Waals surface area contributed by atoms with E-state index in [1.54, 1.807) is 28.8 Å². The van der Waals surface area contributed by atoms with Gasteiger partial charge in [-0.1, -0.05) is 53.7 Å². The van der Waals surface area contributed by atoms with Gasteiger partial charge in [-0.05, 0) is 12.5 Å². The van der Waals surface area contributed by atoms with E-state index in [1.165, 1.54) is 6.07 Å². The number of carbonyl (C=O) groups is 1. The average molecular weight is 382 g/mol. The van der Waals surface area contributed by atoms with Gasteiger partial charge >= 0.3 is 0 Å². The van der Waals surface area contributed by atoms with Gasteiger partial charge < -0.3 is 9.42 Å². The van der Waals surface area contributed by atoms with Crippen molar-refractivity contribution in [2.75, 3.05) is 18.8 Å². The molecule has 1 aromatic heterocycles. The van der Waals surface area contributed by atoms with Crippen LogP contribution < -0.4 is 0 Å². The molecule has 6 heteroatoms. The molecule has 0 spiro atoms. The summed E-state index contributed by atoms with van der Waals surface area (Å²) in [6, 6.07) is 18.1. The Balaban J connectivity index is 1.46. The molecule has 1 unspecified atom stereocenters. The number of halogens is 1. The second-order valence-corrected chi connectivity index (χ2v) is 7.71. The van der Waals surface area contributed by atoms with E-state index in [0.717, 1.165) is 11.3 Å². The number of carbonyl (C=O) groups excluding carboxylic acids is 1. The van der Waals surface area contributed by atoms with Crippen LogP contribution >= 0.6 is 11.8 Å². The maximum Gasteiger partial charge on any atom is 0.276 e. The van der Waals surface area contributed by atoms with Gasteiger partial charge in [0.1, 0.15) is 5.82 Å². The van der Waals surface area contributed by atoms with Crippen LogP contribution in [0, 0.1) is 5.82 Å². The molecule has 1 atom stereocenters. The topological polar surface area (TPSA) is 46.3 Å². The molecule has 4 rings (SSSR count). The average Bonchev–Trinajstić information content (AvgIpc) is 3.07. The van der Waals surface area contributed by atoms with E-state index in [9.17, 15) is 9.18 Å². The van der Waals surface area contributed by atoms with Crippen molar-refractivity contribution in [1.29, 1.82) is 0 Å². The summed E-state index contributed by atoms with van der Waals surface area (Å²) in [4.78, 5) is 14.6. The van der Waals surface area contributed by atoms with Crippen molar-refractivity contribution in [2.24, 2.45) is 0 Å². The lowest BCUT2D eigenvalue weighted by atomic mass is 10.1.